The van der Waals surface area contributed by atoms with E-state index in [9.17, 15) is 9.90 Å². The third-order valence-corrected chi connectivity index (χ3v) is 5.61. The van der Waals surface area contributed by atoms with Gasteiger partial charge in [-0.15, -0.1) is 0 Å². The van der Waals surface area contributed by atoms with Gasteiger partial charge >= 0.3 is 0 Å². The highest BCUT2D eigenvalue weighted by molar-refractivity contribution is 5.99. The van der Waals surface area contributed by atoms with E-state index in [2.05, 4.69) is 41.9 Å². The van der Waals surface area contributed by atoms with E-state index in [1.165, 1.54) is 6.08 Å². The molecule has 4 heteroatoms. The van der Waals surface area contributed by atoms with Crippen LogP contribution in [0.4, 0.5) is 0 Å². The van der Waals surface area contributed by atoms with Crippen LogP contribution < -0.4 is 0 Å². The quantitative estimate of drug-likeness (QED) is 0.510. The Morgan fingerprint density at radius 1 is 1.07 bits per heavy atom. The van der Waals surface area contributed by atoms with Crippen molar-refractivity contribution in [3.05, 3.63) is 79.0 Å². The molecule has 1 aromatic heterocycles. The lowest BCUT2D eigenvalue weighted by Gasteiger charge is -2.38. The van der Waals surface area contributed by atoms with Crippen LogP contribution in [0.25, 0.3) is 32.8 Å². The van der Waals surface area contributed by atoms with Crippen LogP contribution in [0.3, 0.4) is 0 Å². The molecular weight excluding hydrogens is 348 g/mol. The predicted molar refractivity (Wildman–Crippen MR) is 112 cm³/mol. The van der Waals surface area contributed by atoms with Crippen LogP contribution in [-0.4, -0.2) is 34.0 Å². The fourth-order valence-corrected chi connectivity index (χ4v) is 4.06. The lowest BCUT2D eigenvalue weighted by atomic mass is 9.95. The maximum atomic E-state index is 11.7. The van der Waals surface area contributed by atoms with Crippen molar-refractivity contribution in [3.8, 4) is 16.9 Å². The average Bonchev–Trinajstić information content (AvgIpc) is 3.08. The lowest BCUT2D eigenvalue weighted by Crippen LogP contribution is -2.47. The number of carbonyl (C=O) groups is 1. The highest BCUT2D eigenvalue weighted by atomic mass is 16.3. The Kier molecular flexibility index (Phi) is 3.72. The maximum Gasteiger partial charge on any atom is 0.245 e. The molecule has 1 amide bonds. The molecule has 0 radical (unpaired) electrons. The van der Waals surface area contributed by atoms with Crippen molar-refractivity contribution in [1.29, 1.82) is 0 Å². The SMILES string of the molecule is C=CC(=O)N1CC(c2cc3cc(-c4cc(O)cc5ccccc45)ccc3[nH]2)C1. The Hall–Kier alpha value is -3.53. The minimum absolute atomic E-state index is 0.00888. The normalized spacial score (nSPS) is 14.4. The second-order valence-corrected chi connectivity index (χ2v) is 7.39. The lowest BCUT2D eigenvalue weighted by molar-refractivity contribution is -0.130. The number of fused-ring (bicyclic) bond motifs is 2. The molecule has 0 aliphatic carbocycles. The highest BCUT2D eigenvalue weighted by Gasteiger charge is 2.31. The van der Waals surface area contributed by atoms with Crippen LogP contribution in [0, 0.1) is 0 Å². The minimum atomic E-state index is -0.00888. The number of amides is 1. The molecule has 0 spiro atoms. The number of aromatic hydroxyl groups is 1. The third-order valence-electron chi connectivity index (χ3n) is 5.61. The van der Waals surface area contributed by atoms with Crippen molar-refractivity contribution in [2.45, 2.75) is 5.92 Å². The van der Waals surface area contributed by atoms with Gasteiger partial charge in [0.1, 0.15) is 5.75 Å². The Morgan fingerprint density at radius 2 is 1.89 bits per heavy atom. The molecule has 1 fully saturated rings. The van der Waals surface area contributed by atoms with E-state index in [1.807, 2.05) is 24.3 Å². The molecule has 0 unspecified atom stereocenters. The van der Waals surface area contributed by atoms with E-state index >= 15 is 0 Å². The summed E-state index contributed by atoms with van der Waals surface area (Å²) < 4.78 is 0. The number of phenols is 1. The number of benzene rings is 3. The number of carbonyl (C=O) groups excluding carboxylic acids is 1. The zero-order valence-electron chi connectivity index (χ0n) is 15.4. The monoisotopic (exact) mass is 368 g/mol. The number of phenolic OH excluding ortho intramolecular Hbond substituents is 1. The molecule has 4 aromatic rings. The van der Waals surface area contributed by atoms with Gasteiger partial charge in [0.25, 0.3) is 0 Å². The van der Waals surface area contributed by atoms with E-state index < -0.39 is 0 Å². The van der Waals surface area contributed by atoms with Crippen molar-refractivity contribution in [2.75, 3.05) is 13.1 Å². The van der Waals surface area contributed by atoms with Crippen LogP contribution in [0.5, 0.6) is 5.75 Å². The largest absolute Gasteiger partial charge is 0.508 e. The van der Waals surface area contributed by atoms with E-state index in [-0.39, 0.29) is 11.7 Å². The number of likely N-dealkylation sites (tertiary alicyclic amines) is 1. The highest BCUT2D eigenvalue weighted by Crippen LogP contribution is 2.35. The van der Waals surface area contributed by atoms with Gasteiger partial charge in [0.2, 0.25) is 5.91 Å². The molecule has 2 heterocycles. The molecule has 1 aliphatic rings. The van der Waals surface area contributed by atoms with Crippen molar-refractivity contribution in [3.63, 3.8) is 0 Å². The molecule has 0 bridgehead atoms. The summed E-state index contributed by atoms with van der Waals surface area (Å²) in [5.41, 5.74) is 4.33. The van der Waals surface area contributed by atoms with Crippen LogP contribution in [0.1, 0.15) is 11.6 Å². The Labute approximate surface area is 162 Å². The predicted octanol–water partition coefficient (Wildman–Crippen LogP) is 4.81. The van der Waals surface area contributed by atoms with Gasteiger partial charge in [-0.05, 0) is 58.3 Å². The molecule has 3 aromatic carbocycles. The van der Waals surface area contributed by atoms with Gasteiger partial charge in [0.05, 0.1) is 0 Å². The molecule has 4 nitrogen and oxygen atoms in total. The summed E-state index contributed by atoms with van der Waals surface area (Å²) in [5.74, 6) is 0.594. The van der Waals surface area contributed by atoms with Crippen LogP contribution in [0.15, 0.2) is 73.3 Å². The van der Waals surface area contributed by atoms with Gasteiger partial charge in [-0.2, -0.15) is 0 Å². The van der Waals surface area contributed by atoms with Gasteiger partial charge in [-0.1, -0.05) is 36.9 Å². The van der Waals surface area contributed by atoms with Crippen LogP contribution in [-0.2, 0) is 4.79 Å². The number of aromatic nitrogens is 1. The van der Waals surface area contributed by atoms with E-state index in [4.69, 9.17) is 0 Å². The first-order chi connectivity index (χ1) is 13.6. The molecule has 5 rings (SSSR count). The number of rotatable bonds is 3. The number of H-pyrrole nitrogens is 1. The fraction of sp³-hybridized carbons (Fsp3) is 0.125. The maximum absolute atomic E-state index is 11.7. The van der Waals surface area contributed by atoms with Gasteiger partial charge in [-0.3, -0.25) is 4.79 Å². The second kappa shape index (κ2) is 6.27. The number of nitrogens with one attached hydrogen (secondary N) is 1. The van der Waals surface area contributed by atoms with E-state index in [0.717, 1.165) is 51.6 Å². The molecule has 1 saturated heterocycles. The molecular formula is C24H20N2O2. The number of hydrogen-bond donors (Lipinski definition) is 2. The Balaban J connectivity index is 1.52. The van der Waals surface area contributed by atoms with Crippen molar-refractivity contribution in [2.24, 2.45) is 0 Å². The summed E-state index contributed by atoms with van der Waals surface area (Å²) in [5, 5.41) is 13.4. The summed E-state index contributed by atoms with van der Waals surface area (Å²) in [6, 6.07) is 20.2. The first-order valence-corrected chi connectivity index (χ1v) is 9.38. The van der Waals surface area contributed by atoms with Crippen molar-refractivity contribution >= 4 is 27.6 Å². The van der Waals surface area contributed by atoms with Crippen LogP contribution >= 0.6 is 0 Å². The Bertz CT molecular complexity index is 1230. The first kappa shape index (κ1) is 16.6. The topological polar surface area (TPSA) is 56.3 Å². The van der Waals surface area contributed by atoms with Gasteiger partial charge in [0.15, 0.2) is 0 Å². The number of hydrogen-bond acceptors (Lipinski definition) is 2. The zero-order chi connectivity index (χ0) is 19.3. The number of nitrogens with zero attached hydrogens (tertiary/aromatic N) is 1. The smallest absolute Gasteiger partial charge is 0.245 e. The van der Waals surface area contributed by atoms with E-state index in [0.29, 0.717) is 5.92 Å². The average molecular weight is 368 g/mol. The molecule has 2 N–H and O–H groups in total. The first-order valence-electron chi connectivity index (χ1n) is 9.38. The van der Waals surface area contributed by atoms with Gasteiger partial charge in [-0.25, -0.2) is 0 Å². The second-order valence-electron chi connectivity index (χ2n) is 7.39. The number of aromatic amines is 1. The van der Waals surface area contributed by atoms with Gasteiger partial charge < -0.3 is 15.0 Å². The molecule has 1 aliphatic heterocycles. The molecule has 0 atom stereocenters. The molecule has 138 valence electrons. The van der Waals surface area contributed by atoms with Crippen molar-refractivity contribution < 1.29 is 9.90 Å². The minimum Gasteiger partial charge on any atom is -0.508 e. The summed E-state index contributed by atoms with van der Waals surface area (Å²) in [6.07, 6.45) is 1.37. The van der Waals surface area contributed by atoms with E-state index in [1.54, 1.807) is 11.0 Å². The summed E-state index contributed by atoms with van der Waals surface area (Å²) in [4.78, 5) is 16.9. The third kappa shape index (κ3) is 2.65. The van der Waals surface area contributed by atoms with Gasteiger partial charge in [0, 0.05) is 35.6 Å². The fourth-order valence-electron chi connectivity index (χ4n) is 4.06. The molecule has 28 heavy (non-hydrogen) atoms. The Morgan fingerprint density at radius 3 is 2.71 bits per heavy atom. The summed E-state index contributed by atoms with van der Waals surface area (Å²) >= 11 is 0. The molecule has 0 saturated carbocycles. The standard InChI is InChI=1S/C24H20N2O2/c1-2-24(28)26-13-18(14-26)23-11-17-9-16(7-8-22(17)25-23)21-12-19(27)10-15-5-3-4-6-20(15)21/h2-12,18,25,27H,1,13-14H2. The zero-order valence-corrected chi connectivity index (χ0v) is 15.4. The summed E-state index contributed by atoms with van der Waals surface area (Å²) in [7, 11) is 0. The van der Waals surface area contributed by atoms with Crippen LogP contribution in [0.2, 0.25) is 0 Å². The summed E-state index contributed by atoms with van der Waals surface area (Å²) in [6.45, 7) is 4.99. The van der Waals surface area contributed by atoms with Crippen molar-refractivity contribution in [1.82, 2.24) is 9.88 Å².